The number of aliphatic hydroxyl groups is 1. The van der Waals surface area contributed by atoms with Crippen LogP contribution in [0.1, 0.15) is 42.5 Å². The number of likely N-dealkylation sites (tertiary alicyclic amines) is 1. The van der Waals surface area contributed by atoms with E-state index in [2.05, 4.69) is 16.9 Å². The molecule has 33 heavy (non-hydrogen) atoms. The molecule has 168 valence electrons. The molecule has 7 nitrogen and oxygen atoms in total. The van der Waals surface area contributed by atoms with Crippen molar-refractivity contribution in [3.05, 3.63) is 95.6 Å². The second-order valence-corrected chi connectivity index (χ2v) is 7.80. The van der Waals surface area contributed by atoms with Crippen molar-refractivity contribution in [3.8, 4) is 5.75 Å². The average molecular weight is 444 g/mol. The Labute approximate surface area is 192 Å². The summed E-state index contributed by atoms with van der Waals surface area (Å²) in [4.78, 5) is 35.8. The van der Waals surface area contributed by atoms with E-state index in [4.69, 9.17) is 4.74 Å². The van der Waals surface area contributed by atoms with Gasteiger partial charge in [-0.3, -0.25) is 19.6 Å². The van der Waals surface area contributed by atoms with E-state index in [0.717, 1.165) is 18.4 Å². The van der Waals surface area contributed by atoms with Crippen LogP contribution >= 0.6 is 0 Å². The number of unbranched alkanes of at least 4 members (excludes halogenated alkanes) is 1. The average Bonchev–Trinajstić information content (AvgIpc) is 3.10. The van der Waals surface area contributed by atoms with Crippen LogP contribution in [0.15, 0.2) is 78.9 Å². The number of Topliss-reactive ketones (excluding diaryl/α,β-unsaturated/α-hetero) is 1. The Morgan fingerprint density at radius 1 is 1.06 bits per heavy atom. The minimum Gasteiger partial charge on any atom is -0.507 e. The molecule has 3 heterocycles. The van der Waals surface area contributed by atoms with Crippen molar-refractivity contribution in [3.63, 3.8) is 0 Å². The second-order valence-electron chi connectivity index (χ2n) is 7.80. The molecule has 4 rings (SSSR count). The molecule has 1 saturated heterocycles. The molecular formula is C26H25N3O4. The fourth-order valence-electron chi connectivity index (χ4n) is 3.85. The molecule has 0 bridgehead atoms. The van der Waals surface area contributed by atoms with Crippen molar-refractivity contribution < 1.29 is 19.4 Å². The number of nitrogens with zero attached hydrogens (tertiary/aromatic N) is 3. The van der Waals surface area contributed by atoms with Gasteiger partial charge in [0.1, 0.15) is 11.5 Å². The van der Waals surface area contributed by atoms with E-state index in [-0.39, 0.29) is 17.9 Å². The van der Waals surface area contributed by atoms with Crippen LogP contribution in [0, 0.1) is 0 Å². The topological polar surface area (TPSA) is 92.6 Å². The number of rotatable bonds is 8. The Morgan fingerprint density at radius 2 is 1.88 bits per heavy atom. The molecule has 1 aliphatic heterocycles. The molecule has 7 heteroatoms. The summed E-state index contributed by atoms with van der Waals surface area (Å²) >= 11 is 0. The first-order valence-corrected chi connectivity index (χ1v) is 10.9. The molecule has 2 aromatic heterocycles. The van der Waals surface area contributed by atoms with Gasteiger partial charge in [0.05, 0.1) is 18.2 Å². The van der Waals surface area contributed by atoms with Crippen molar-refractivity contribution in [2.24, 2.45) is 0 Å². The van der Waals surface area contributed by atoms with Gasteiger partial charge >= 0.3 is 0 Å². The summed E-state index contributed by atoms with van der Waals surface area (Å²) < 4.78 is 5.75. The smallest absolute Gasteiger partial charge is 0.295 e. The zero-order valence-corrected chi connectivity index (χ0v) is 18.3. The van der Waals surface area contributed by atoms with Crippen molar-refractivity contribution in [2.75, 3.05) is 6.61 Å². The third-order valence-electron chi connectivity index (χ3n) is 5.51. The molecule has 1 aromatic carbocycles. The number of aromatic nitrogens is 2. The van der Waals surface area contributed by atoms with Gasteiger partial charge in [-0.25, -0.2) is 0 Å². The molecule has 0 spiro atoms. The van der Waals surface area contributed by atoms with Gasteiger partial charge in [0, 0.05) is 36.9 Å². The minimum atomic E-state index is -0.752. The standard InChI is InChI=1S/C26H25N3O4/c1-2-3-14-33-21-8-4-7-20(15-21)24(30)22-23(19-9-12-27-13-10-19)29(26(32)25(22)31)17-18-6-5-11-28-16-18/h4-13,15-16,23,30H,2-3,14,17H2,1H3. The van der Waals surface area contributed by atoms with Crippen LogP contribution in [-0.4, -0.2) is 38.3 Å². The second kappa shape index (κ2) is 10.1. The lowest BCUT2D eigenvalue weighted by molar-refractivity contribution is -0.140. The molecule has 3 aromatic rings. The number of aliphatic hydroxyl groups excluding tert-OH is 1. The van der Waals surface area contributed by atoms with E-state index < -0.39 is 17.7 Å². The lowest BCUT2D eigenvalue weighted by Gasteiger charge is -2.25. The highest BCUT2D eigenvalue weighted by atomic mass is 16.5. The maximum absolute atomic E-state index is 13.1. The lowest BCUT2D eigenvalue weighted by atomic mass is 9.96. The van der Waals surface area contributed by atoms with E-state index in [1.54, 1.807) is 67.3 Å². The summed E-state index contributed by atoms with van der Waals surface area (Å²) in [7, 11) is 0. The van der Waals surface area contributed by atoms with Crippen LogP contribution in [0.5, 0.6) is 5.75 Å². The van der Waals surface area contributed by atoms with Gasteiger partial charge in [-0.15, -0.1) is 0 Å². The fraction of sp³-hybridized carbons (Fsp3) is 0.231. The summed E-state index contributed by atoms with van der Waals surface area (Å²) in [5, 5.41) is 11.2. The maximum Gasteiger partial charge on any atom is 0.295 e. The monoisotopic (exact) mass is 443 g/mol. The van der Waals surface area contributed by atoms with Crippen molar-refractivity contribution >= 4 is 17.4 Å². The van der Waals surface area contributed by atoms with Crippen LogP contribution in [0.25, 0.3) is 5.76 Å². The summed E-state index contributed by atoms with van der Waals surface area (Å²) in [6.07, 6.45) is 8.42. The van der Waals surface area contributed by atoms with Gasteiger partial charge in [-0.2, -0.15) is 0 Å². The molecule has 0 aliphatic carbocycles. The van der Waals surface area contributed by atoms with E-state index in [0.29, 0.717) is 23.5 Å². The number of ketones is 1. The quantitative estimate of drug-likeness (QED) is 0.242. The number of carbonyl (C=O) groups is 2. The Hall–Kier alpha value is -4.00. The molecule has 1 amide bonds. The number of amides is 1. The van der Waals surface area contributed by atoms with Gasteiger partial charge in [0.2, 0.25) is 0 Å². The number of hydrogen-bond donors (Lipinski definition) is 1. The van der Waals surface area contributed by atoms with Crippen LogP contribution in [-0.2, 0) is 16.1 Å². The molecule has 1 unspecified atom stereocenters. The largest absolute Gasteiger partial charge is 0.507 e. The molecule has 1 N–H and O–H groups in total. The molecule has 1 aliphatic rings. The van der Waals surface area contributed by atoms with Gasteiger partial charge in [0.15, 0.2) is 0 Å². The summed E-state index contributed by atoms with van der Waals surface area (Å²) in [6.45, 7) is 2.82. The number of hydrogen-bond acceptors (Lipinski definition) is 6. The van der Waals surface area contributed by atoms with Crippen molar-refractivity contribution in [1.82, 2.24) is 14.9 Å². The number of carbonyl (C=O) groups excluding carboxylic acids is 2. The Kier molecular flexibility index (Phi) is 6.78. The van der Waals surface area contributed by atoms with Gasteiger partial charge < -0.3 is 14.7 Å². The highest BCUT2D eigenvalue weighted by molar-refractivity contribution is 6.46. The van der Waals surface area contributed by atoms with Gasteiger partial charge in [0.25, 0.3) is 11.7 Å². The molecule has 0 radical (unpaired) electrons. The van der Waals surface area contributed by atoms with Crippen LogP contribution < -0.4 is 4.74 Å². The van der Waals surface area contributed by atoms with Crippen molar-refractivity contribution in [1.29, 1.82) is 0 Å². The number of ether oxygens (including phenoxy) is 1. The van der Waals surface area contributed by atoms with E-state index >= 15 is 0 Å². The zero-order valence-electron chi connectivity index (χ0n) is 18.3. The minimum absolute atomic E-state index is 0.0424. The first kappa shape index (κ1) is 22.2. The van der Waals surface area contributed by atoms with Crippen LogP contribution in [0.4, 0.5) is 0 Å². The fourth-order valence-corrected chi connectivity index (χ4v) is 3.85. The molecule has 0 saturated carbocycles. The van der Waals surface area contributed by atoms with Gasteiger partial charge in [-0.1, -0.05) is 31.5 Å². The normalized spacial score (nSPS) is 17.4. The Morgan fingerprint density at radius 3 is 2.61 bits per heavy atom. The molecule has 1 atom stereocenters. The SMILES string of the molecule is CCCCOc1cccc(C(O)=C2C(=O)C(=O)N(Cc3cccnc3)C2c2ccncc2)c1. The van der Waals surface area contributed by atoms with E-state index in [1.165, 1.54) is 4.90 Å². The van der Waals surface area contributed by atoms with Gasteiger partial charge in [-0.05, 0) is 47.9 Å². The third kappa shape index (κ3) is 4.77. The van der Waals surface area contributed by atoms with E-state index in [1.807, 2.05) is 6.07 Å². The summed E-state index contributed by atoms with van der Waals surface area (Å²) in [5.74, 6) is -1.03. The summed E-state index contributed by atoms with van der Waals surface area (Å²) in [6, 6.07) is 13.3. The Balaban J connectivity index is 1.76. The summed E-state index contributed by atoms with van der Waals surface area (Å²) in [5.41, 5.74) is 1.93. The lowest BCUT2D eigenvalue weighted by Crippen LogP contribution is -2.29. The number of benzene rings is 1. The molecule has 1 fully saturated rings. The number of pyridine rings is 2. The first-order chi connectivity index (χ1) is 16.1. The first-order valence-electron chi connectivity index (χ1n) is 10.9. The zero-order chi connectivity index (χ0) is 23.2. The predicted octanol–water partition coefficient (Wildman–Crippen LogP) is 4.28. The van der Waals surface area contributed by atoms with Crippen molar-refractivity contribution in [2.45, 2.75) is 32.4 Å². The highest BCUT2D eigenvalue weighted by Gasteiger charge is 2.46. The molecular weight excluding hydrogens is 418 g/mol. The third-order valence-corrected chi connectivity index (χ3v) is 5.51. The highest BCUT2D eigenvalue weighted by Crippen LogP contribution is 2.40. The van der Waals surface area contributed by atoms with Crippen LogP contribution in [0.2, 0.25) is 0 Å². The predicted molar refractivity (Wildman–Crippen MR) is 123 cm³/mol. The van der Waals surface area contributed by atoms with E-state index in [9.17, 15) is 14.7 Å². The maximum atomic E-state index is 13.1. The van der Waals surface area contributed by atoms with Crippen LogP contribution in [0.3, 0.4) is 0 Å². The Bertz CT molecular complexity index is 1160.